The van der Waals surface area contributed by atoms with Crippen molar-refractivity contribution in [2.24, 2.45) is 0 Å². The molecule has 0 saturated heterocycles. The van der Waals surface area contributed by atoms with Crippen LogP contribution in [0, 0.1) is 6.92 Å². The Labute approximate surface area is 158 Å². The van der Waals surface area contributed by atoms with Gasteiger partial charge in [-0.2, -0.15) is 0 Å². The molecular weight excluding hydrogens is 348 g/mol. The van der Waals surface area contributed by atoms with Crippen LogP contribution in [0.2, 0.25) is 5.02 Å². The van der Waals surface area contributed by atoms with Crippen molar-refractivity contribution >= 4 is 29.1 Å². The highest BCUT2D eigenvalue weighted by Gasteiger charge is 2.17. The zero-order valence-corrected chi connectivity index (χ0v) is 15.6. The van der Waals surface area contributed by atoms with E-state index in [1.54, 1.807) is 36.4 Å². The van der Waals surface area contributed by atoms with Crippen molar-refractivity contribution in [2.75, 3.05) is 5.32 Å². The molecule has 0 aromatic heterocycles. The number of hydrogen-bond donors (Lipinski definition) is 2. The van der Waals surface area contributed by atoms with Gasteiger partial charge in [-0.15, -0.1) is 0 Å². The standard InChI is InChI=1S/C21H23ClN2O2/c1-14-18(22)8-5-9-19(14)24-21(26)16-12-10-15(11-13-16)20(25)23-17-6-3-2-4-7-17/h5,8-13,17H,2-4,6-7H2,1H3,(H,23,25)(H,24,26). The first-order valence-electron chi connectivity index (χ1n) is 9.02. The van der Waals surface area contributed by atoms with Gasteiger partial charge in [0.2, 0.25) is 0 Å². The van der Waals surface area contributed by atoms with E-state index < -0.39 is 0 Å². The minimum absolute atomic E-state index is 0.0745. The lowest BCUT2D eigenvalue weighted by Gasteiger charge is -2.22. The smallest absolute Gasteiger partial charge is 0.255 e. The molecule has 2 aromatic rings. The van der Waals surface area contributed by atoms with E-state index in [0.29, 0.717) is 21.8 Å². The lowest BCUT2D eigenvalue weighted by atomic mass is 9.95. The molecule has 0 unspecified atom stereocenters. The maximum atomic E-state index is 12.4. The number of rotatable bonds is 4. The minimum atomic E-state index is -0.227. The van der Waals surface area contributed by atoms with E-state index >= 15 is 0 Å². The van der Waals surface area contributed by atoms with Gasteiger partial charge in [0.1, 0.15) is 0 Å². The molecule has 1 aliphatic rings. The zero-order valence-electron chi connectivity index (χ0n) is 14.8. The fraction of sp³-hybridized carbons (Fsp3) is 0.333. The van der Waals surface area contributed by atoms with Crippen LogP contribution in [0.25, 0.3) is 0 Å². The van der Waals surface area contributed by atoms with Crippen LogP contribution in [0.15, 0.2) is 42.5 Å². The fourth-order valence-corrected chi connectivity index (χ4v) is 3.40. The highest BCUT2D eigenvalue weighted by Crippen LogP contribution is 2.23. The molecule has 0 radical (unpaired) electrons. The monoisotopic (exact) mass is 370 g/mol. The Balaban J connectivity index is 1.63. The van der Waals surface area contributed by atoms with Crippen LogP contribution in [0.4, 0.5) is 5.69 Å². The highest BCUT2D eigenvalue weighted by molar-refractivity contribution is 6.31. The average molecular weight is 371 g/mol. The summed E-state index contributed by atoms with van der Waals surface area (Å²) in [5.74, 6) is -0.302. The predicted molar refractivity (Wildman–Crippen MR) is 105 cm³/mol. The quantitative estimate of drug-likeness (QED) is 0.798. The Morgan fingerprint density at radius 1 is 0.923 bits per heavy atom. The predicted octanol–water partition coefficient (Wildman–Crippen LogP) is 4.96. The normalized spacial score (nSPS) is 14.7. The van der Waals surface area contributed by atoms with Gasteiger partial charge in [0.05, 0.1) is 0 Å². The van der Waals surface area contributed by atoms with Crippen LogP contribution < -0.4 is 10.6 Å². The number of nitrogens with one attached hydrogen (secondary N) is 2. The summed E-state index contributed by atoms with van der Waals surface area (Å²) in [5.41, 5.74) is 2.58. The molecule has 2 aromatic carbocycles. The second-order valence-electron chi connectivity index (χ2n) is 6.75. The third-order valence-electron chi connectivity index (χ3n) is 4.87. The van der Waals surface area contributed by atoms with Crippen LogP contribution in [-0.4, -0.2) is 17.9 Å². The molecule has 26 heavy (non-hydrogen) atoms. The summed E-state index contributed by atoms with van der Waals surface area (Å²) in [4.78, 5) is 24.8. The Hall–Kier alpha value is -2.33. The highest BCUT2D eigenvalue weighted by atomic mass is 35.5. The summed E-state index contributed by atoms with van der Waals surface area (Å²) in [6.07, 6.45) is 5.69. The van der Waals surface area contributed by atoms with Crippen molar-refractivity contribution in [1.29, 1.82) is 0 Å². The summed E-state index contributed by atoms with van der Waals surface area (Å²) < 4.78 is 0. The molecule has 136 valence electrons. The molecule has 1 aliphatic carbocycles. The SMILES string of the molecule is Cc1c(Cl)cccc1NC(=O)c1ccc(C(=O)NC2CCCCC2)cc1. The Morgan fingerprint density at radius 3 is 2.19 bits per heavy atom. The van der Waals surface area contributed by atoms with Crippen molar-refractivity contribution in [1.82, 2.24) is 5.32 Å². The Bertz CT molecular complexity index is 796. The number of carbonyl (C=O) groups excluding carboxylic acids is 2. The van der Waals surface area contributed by atoms with Crippen LogP contribution in [-0.2, 0) is 0 Å². The molecule has 2 N–H and O–H groups in total. The summed E-state index contributed by atoms with van der Waals surface area (Å²) in [7, 11) is 0. The van der Waals surface area contributed by atoms with Crippen molar-refractivity contribution < 1.29 is 9.59 Å². The van der Waals surface area contributed by atoms with E-state index in [2.05, 4.69) is 10.6 Å². The third kappa shape index (κ3) is 4.44. The van der Waals surface area contributed by atoms with Crippen LogP contribution in [0.5, 0.6) is 0 Å². The summed E-state index contributed by atoms with van der Waals surface area (Å²) in [5, 5.41) is 6.55. The van der Waals surface area contributed by atoms with Gasteiger partial charge in [-0.25, -0.2) is 0 Å². The van der Waals surface area contributed by atoms with E-state index in [4.69, 9.17) is 11.6 Å². The van der Waals surface area contributed by atoms with E-state index in [0.717, 1.165) is 18.4 Å². The molecule has 5 heteroatoms. The Morgan fingerprint density at radius 2 is 1.54 bits per heavy atom. The molecule has 0 heterocycles. The van der Waals surface area contributed by atoms with Crippen LogP contribution in [0.1, 0.15) is 58.4 Å². The second-order valence-corrected chi connectivity index (χ2v) is 7.16. The molecule has 0 spiro atoms. The number of hydrogen-bond acceptors (Lipinski definition) is 2. The van der Waals surface area contributed by atoms with Crippen molar-refractivity contribution in [2.45, 2.75) is 45.1 Å². The first-order chi connectivity index (χ1) is 12.5. The molecule has 1 fully saturated rings. The first-order valence-corrected chi connectivity index (χ1v) is 9.40. The minimum Gasteiger partial charge on any atom is -0.349 e. The van der Waals surface area contributed by atoms with Crippen LogP contribution >= 0.6 is 11.6 Å². The van der Waals surface area contributed by atoms with E-state index in [1.165, 1.54) is 19.3 Å². The maximum absolute atomic E-state index is 12.4. The molecule has 2 amide bonds. The summed E-state index contributed by atoms with van der Waals surface area (Å²) >= 11 is 6.08. The van der Waals surface area contributed by atoms with Gasteiger partial charge in [0.25, 0.3) is 11.8 Å². The molecule has 0 atom stereocenters. The topological polar surface area (TPSA) is 58.2 Å². The molecule has 1 saturated carbocycles. The van der Waals surface area contributed by atoms with E-state index in [9.17, 15) is 9.59 Å². The molecule has 0 bridgehead atoms. The second kappa shape index (κ2) is 8.37. The van der Waals surface area contributed by atoms with E-state index in [-0.39, 0.29) is 17.9 Å². The summed E-state index contributed by atoms with van der Waals surface area (Å²) in [6.45, 7) is 1.86. The van der Waals surface area contributed by atoms with E-state index in [1.807, 2.05) is 13.0 Å². The molecule has 0 aliphatic heterocycles. The number of halogens is 1. The number of benzene rings is 2. The maximum Gasteiger partial charge on any atom is 0.255 e. The lowest BCUT2D eigenvalue weighted by molar-refractivity contribution is 0.0926. The first kappa shape index (κ1) is 18.5. The number of carbonyl (C=O) groups is 2. The largest absolute Gasteiger partial charge is 0.349 e. The fourth-order valence-electron chi connectivity index (χ4n) is 3.23. The molecule has 3 rings (SSSR count). The van der Waals surface area contributed by atoms with Gasteiger partial charge in [-0.1, -0.05) is 36.9 Å². The van der Waals surface area contributed by atoms with Gasteiger partial charge >= 0.3 is 0 Å². The third-order valence-corrected chi connectivity index (χ3v) is 5.28. The average Bonchev–Trinajstić information content (AvgIpc) is 2.66. The number of anilines is 1. The zero-order chi connectivity index (χ0) is 18.5. The van der Waals surface area contributed by atoms with Crippen molar-refractivity contribution in [3.63, 3.8) is 0 Å². The van der Waals surface area contributed by atoms with Gasteiger partial charge in [-0.3, -0.25) is 9.59 Å². The lowest BCUT2D eigenvalue weighted by Crippen LogP contribution is -2.36. The van der Waals surface area contributed by atoms with Gasteiger partial charge in [0.15, 0.2) is 0 Å². The summed E-state index contributed by atoms with van der Waals surface area (Å²) in [6, 6.07) is 12.4. The molecule has 4 nitrogen and oxygen atoms in total. The molecular formula is C21H23ClN2O2. The van der Waals surface area contributed by atoms with Crippen LogP contribution in [0.3, 0.4) is 0 Å². The Kier molecular flexibility index (Phi) is 5.94. The van der Waals surface area contributed by atoms with Crippen molar-refractivity contribution in [3.05, 3.63) is 64.2 Å². The van der Waals surface area contributed by atoms with Gasteiger partial charge < -0.3 is 10.6 Å². The van der Waals surface area contributed by atoms with Gasteiger partial charge in [-0.05, 0) is 61.7 Å². The van der Waals surface area contributed by atoms with Gasteiger partial charge in [0, 0.05) is 27.9 Å². The van der Waals surface area contributed by atoms with Crippen molar-refractivity contribution in [3.8, 4) is 0 Å². The number of amides is 2.